The highest BCUT2D eigenvalue weighted by Crippen LogP contribution is 2.16. The van der Waals surface area contributed by atoms with Crippen LogP contribution in [-0.4, -0.2) is 23.1 Å². The maximum absolute atomic E-state index is 10.9. The van der Waals surface area contributed by atoms with Gasteiger partial charge in [-0.05, 0) is 19.1 Å². The minimum atomic E-state index is -1.01. The topological polar surface area (TPSA) is 105 Å². The number of para-hydroxylation sites is 1. The number of hydrazone groups is 1. The number of carboxylic acids is 1. The molecule has 1 aromatic carbocycles. The first kappa shape index (κ1) is 11.8. The molecule has 6 nitrogen and oxygen atoms in total. The smallest absolute Gasteiger partial charge is 0.328 e. The lowest BCUT2D eigenvalue weighted by molar-refractivity contribution is -0.138. The van der Waals surface area contributed by atoms with Gasteiger partial charge >= 0.3 is 5.97 Å². The van der Waals surface area contributed by atoms with Crippen LogP contribution >= 0.6 is 0 Å². The van der Waals surface area contributed by atoms with Crippen molar-refractivity contribution in [3.8, 4) is 0 Å². The SMILES string of the molecule is C[C@@H](C(=O)O)N(N=C(N)N)c1ccccc1. The molecule has 0 aromatic heterocycles. The molecule has 0 aliphatic carbocycles. The number of nitrogens with two attached hydrogens (primary N) is 2. The Hall–Kier alpha value is -2.24. The van der Waals surface area contributed by atoms with Crippen molar-refractivity contribution in [3.05, 3.63) is 30.3 Å². The highest BCUT2D eigenvalue weighted by Gasteiger charge is 2.20. The van der Waals surface area contributed by atoms with Crippen molar-refractivity contribution in [1.29, 1.82) is 0 Å². The Balaban J connectivity index is 3.06. The largest absolute Gasteiger partial charge is 0.480 e. The van der Waals surface area contributed by atoms with Crippen molar-refractivity contribution in [2.24, 2.45) is 16.6 Å². The summed E-state index contributed by atoms with van der Waals surface area (Å²) < 4.78 is 0. The van der Waals surface area contributed by atoms with E-state index in [-0.39, 0.29) is 5.96 Å². The first-order valence-electron chi connectivity index (χ1n) is 4.69. The van der Waals surface area contributed by atoms with E-state index in [0.717, 1.165) is 0 Å². The second kappa shape index (κ2) is 5.01. The molecule has 0 aliphatic rings. The normalized spacial score (nSPS) is 11.6. The number of rotatable bonds is 4. The zero-order valence-electron chi connectivity index (χ0n) is 8.87. The molecule has 86 valence electrons. The fourth-order valence-corrected chi connectivity index (χ4v) is 1.18. The summed E-state index contributed by atoms with van der Waals surface area (Å²) in [6.07, 6.45) is 0. The first-order chi connectivity index (χ1) is 7.52. The number of hydrogen-bond donors (Lipinski definition) is 3. The van der Waals surface area contributed by atoms with Crippen LogP contribution < -0.4 is 16.5 Å². The van der Waals surface area contributed by atoms with Crippen molar-refractivity contribution in [2.75, 3.05) is 5.01 Å². The molecule has 0 bridgehead atoms. The molecule has 5 N–H and O–H groups in total. The second-order valence-electron chi connectivity index (χ2n) is 3.22. The number of anilines is 1. The minimum Gasteiger partial charge on any atom is -0.480 e. The molecule has 0 spiro atoms. The number of aliphatic carboxylic acids is 1. The molecule has 1 atom stereocenters. The predicted molar refractivity (Wildman–Crippen MR) is 61.8 cm³/mol. The molecule has 0 aliphatic heterocycles. The van der Waals surface area contributed by atoms with E-state index in [4.69, 9.17) is 16.6 Å². The Labute approximate surface area is 93.2 Å². The van der Waals surface area contributed by atoms with Gasteiger partial charge in [0.05, 0.1) is 5.69 Å². The summed E-state index contributed by atoms with van der Waals surface area (Å²) in [7, 11) is 0. The zero-order chi connectivity index (χ0) is 12.1. The maximum Gasteiger partial charge on any atom is 0.328 e. The van der Waals surface area contributed by atoms with Crippen molar-refractivity contribution in [1.82, 2.24) is 0 Å². The Kier molecular flexibility index (Phi) is 3.71. The van der Waals surface area contributed by atoms with Gasteiger partial charge in [-0.2, -0.15) is 0 Å². The fourth-order valence-electron chi connectivity index (χ4n) is 1.18. The molecule has 0 heterocycles. The molecule has 1 rings (SSSR count). The van der Waals surface area contributed by atoms with Crippen molar-refractivity contribution < 1.29 is 9.90 Å². The van der Waals surface area contributed by atoms with Crippen LogP contribution in [-0.2, 0) is 4.79 Å². The van der Waals surface area contributed by atoms with Crippen LogP contribution in [0.2, 0.25) is 0 Å². The third-order valence-electron chi connectivity index (χ3n) is 1.97. The van der Waals surface area contributed by atoms with E-state index in [1.165, 1.54) is 11.9 Å². The van der Waals surface area contributed by atoms with Gasteiger partial charge in [0.25, 0.3) is 0 Å². The molecular weight excluding hydrogens is 208 g/mol. The van der Waals surface area contributed by atoms with Crippen LogP contribution in [0.5, 0.6) is 0 Å². The van der Waals surface area contributed by atoms with Crippen molar-refractivity contribution in [3.63, 3.8) is 0 Å². The van der Waals surface area contributed by atoms with Gasteiger partial charge in [-0.25, -0.2) is 9.80 Å². The molecular formula is C10H14N4O2. The number of carbonyl (C=O) groups is 1. The van der Waals surface area contributed by atoms with Crippen molar-refractivity contribution >= 4 is 17.6 Å². The average molecular weight is 222 g/mol. The quantitative estimate of drug-likeness (QED) is 0.382. The summed E-state index contributed by atoms with van der Waals surface area (Å²) in [6, 6.07) is 7.99. The molecule has 0 fully saturated rings. The minimum absolute atomic E-state index is 0.183. The average Bonchev–Trinajstić information content (AvgIpc) is 2.26. The van der Waals surface area contributed by atoms with Gasteiger partial charge in [-0.1, -0.05) is 18.2 Å². The summed E-state index contributed by atoms with van der Waals surface area (Å²) in [4.78, 5) is 10.9. The lowest BCUT2D eigenvalue weighted by Crippen LogP contribution is -2.38. The van der Waals surface area contributed by atoms with Crippen LogP contribution in [0.15, 0.2) is 35.4 Å². The molecule has 0 saturated heterocycles. The van der Waals surface area contributed by atoms with Crippen LogP contribution in [0.4, 0.5) is 5.69 Å². The zero-order valence-corrected chi connectivity index (χ0v) is 8.87. The van der Waals surface area contributed by atoms with Gasteiger partial charge in [-0.3, -0.25) is 0 Å². The lowest BCUT2D eigenvalue weighted by atomic mass is 10.2. The molecule has 0 saturated carbocycles. The number of hydrogen-bond acceptors (Lipinski definition) is 3. The van der Waals surface area contributed by atoms with Crippen molar-refractivity contribution in [2.45, 2.75) is 13.0 Å². The monoisotopic (exact) mass is 222 g/mol. The van der Waals surface area contributed by atoms with Gasteiger partial charge in [0.1, 0.15) is 6.04 Å². The molecule has 16 heavy (non-hydrogen) atoms. The number of carboxylic acid groups (broad SMARTS) is 1. The summed E-state index contributed by atoms with van der Waals surface area (Å²) >= 11 is 0. The van der Waals surface area contributed by atoms with Crippen LogP contribution in [0, 0.1) is 0 Å². The Morgan fingerprint density at radius 3 is 2.38 bits per heavy atom. The molecule has 6 heteroatoms. The molecule has 0 unspecified atom stereocenters. The molecule has 0 amide bonds. The van der Waals surface area contributed by atoms with Gasteiger partial charge < -0.3 is 16.6 Å². The summed E-state index contributed by atoms with van der Waals surface area (Å²) in [5, 5.41) is 14.0. The summed E-state index contributed by atoms with van der Waals surface area (Å²) in [5.41, 5.74) is 11.1. The van der Waals surface area contributed by atoms with Crippen LogP contribution in [0.1, 0.15) is 6.92 Å². The van der Waals surface area contributed by atoms with E-state index in [0.29, 0.717) is 5.69 Å². The summed E-state index contributed by atoms with van der Waals surface area (Å²) in [6.45, 7) is 1.50. The van der Waals surface area contributed by atoms with E-state index in [2.05, 4.69) is 5.10 Å². The Morgan fingerprint density at radius 2 is 1.94 bits per heavy atom. The van der Waals surface area contributed by atoms with E-state index < -0.39 is 12.0 Å². The second-order valence-corrected chi connectivity index (χ2v) is 3.22. The Morgan fingerprint density at radius 1 is 1.38 bits per heavy atom. The summed E-state index contributed by atoms with van der Waals surface area (Å²) in [5.74, 6) is -1.19. The number of guanidine groups is 1. The van der Waals surface area contributed by atoms with E-state index >= 15 is 0 Å². The molecule has 0 radical (unpaired) electrons. The lowest BCUT2D eigenvalue weighted by Gasteiger charge is -2.23. The highest BCUT2D eigenvalue weighted by atomic mass is 16.4. The fraction of sp³-hybridized carbons (Fsp3) is 0.200. The van der Waals surface area contributed by atoms with Crippen LogP contribution in [0.25, 0.3) is 0 Å². The van der Waals surface area contributed by atoms with Gasteiger partial charge in [0.2, 0.25) is 5.96 Å². The van der Waals surface area contributed by atoms with E-state index in [9.17, 15) is 4.79 Å². The number of benzene rings is 1. The number of nitrogens with zero attached hydrogens (tertiary/aromatic N) is 2. The van der Waals surface area contributed by atoms with Gasteiger partial charge in [-0.15, -0.1) is 5.10 Å². The third-order valence-corrected chi connectivity index (χ3v) is 1.97. The first-order valence-corrected chi connectivity index (χ1v) is 4.69. The predicted octanol–water partition coefficient (Wildman–Crippen LogP) is 0.155. The van der Waals surface area contributed by atoms with E-state index in [1.54, 1.807) is 24.3 Å². The maximum atomic E-state index is 10.9. The van der Waals surface area contributed by atoms with Crippen LogP contribution in [0.3, 0.4) is 0 Å². The third kappa shape index (κ3) is 2.88. The van der Waals surface area contributed by atoms with E-state index in [1.807, 2.05) is 6.07 Å². The Bertz CT molecular complexity index is 387. The van der Waals surface area contributed by atoms with Gasteiger partial charge in [0, 0.05) is 0 Å². The standard InChI is InChI=1S/C10H14N4O2/c1-7(9(15)16)14(13-10(11)12)8-5-3-2-4-6-8/h2-7H,1H3,(H,15,16)(H4,11,12,13)/t7-/m0/s1. The van der Waals surface area contributed by atoms with Gasteiger partial charge in [0.15, 0.2) is 0 Å². The molecule has 1 aromatic rings. The highest BCUT2D eigenvalue weighted by molar-refractivity contribution is 5.81.